The second-order valence-electron chi connectivity index (χ2n) is 6.77. The molecule has 146 valence electrons. The van der Waals surface area contributed by atoms with Gasteiger partial charge < -0.3 is 19.5 Å². The van der Waals surface area contributed by atoms with E-state index in [2.05, 4.69) is 9.80 Å². The quantitative estimate of drug-likeness (QED) is 0.769. The number of ether oxygens (including phenoxy) is 2. The summed E-state index contributed by atoms with van der Waals surface area (Å²) >= 11 is 0. The standard InChI is InChI=1S/C21H27FN2O3/c1-26-21-8-6-19(7-9-21)24(14-17-2-4-18(22)5-3-17)16-20(25)15-23-10-12-27-13-11-23/h2-9,20,25H,10-16H2,1H3. The highest BCUT2D eigenvalue weighted by Crippen LogP contribution is 2.22. The second kappa shape index (κ2) is 9.69. The van der Waals surface area contributed by atoms with Crippen LogP contribution in [0, 0.1) is 5.82 Å². The number of aliphatic hydroxyl groups excluding tert-OH is 1. The average Bonchev–Trinajstić information content (AvgIpc) is 2.70. The first-order valence-corrected chi connectivity index (χ1v) is 9.25. The number of halogens is 1. The van der Waals surface area contributed by atoms with E-state index in [1.165, 1.54) is 12.1 Å². The summed E-state index contributed by atoms with van der Waals surface area (Å²) in [6.07, 6.45) is -0.495. The lowest BCUT2D eigenvalue weighted by atomic mass is 10.1. The minimum atomic E-state index is -0.495. The summed E-state index contributed by atoms with van der Waals surface area (Å²) in [5.74, 6) is 0.538. The van der Waals surface area contributed by atoms with E-state index in [9.17, 15) is 9.50 Å². The molecule has 1 aliphatic rings. The molecule has 0 aromatic heterocycles. The van der Waals surface area contributed by atoms with Crippen LogP contribution in [-0.2, 0) is 11.3 Å². The maximum absolute atomic E-state index is 13.2. The molecule has 27 heavy (non-hydrogen) atoms. The zero-order valence-electron chi connectivity index (χ0n) is 15.7. The molecule has 1 fully saturated rings. The van der Waals surface area contributed by atoms with Crippen LogP contribution in [0.5, 0.6) is 5.75 Å². The molecule has 1 aliphatic heterocycles. The lowest BCUT2D eigenvalue weighted by molar-refractivity contribution is 0.0160. The van der Waals surface area contributed by atoms with E-state index in [0.717, 1.165) is 30.1 Å². The van der Waals surface area contributed by atoms with Crippen LogP contribution in [0.15, 0.2) is 48.5 Å². The molecule has 1 saturated heterocycles. The zero-order chi connectivity index (χ0) is 19.1. The van der Waals surface area contributed by atoms with Gasteiger partial charge >= 0.3 is 0 Å². The van der Waals surface area contributed by atoms with E-state index < -0.39 is 6.10 Å². The van der Waals surface area contributed by atoms with E-state index in [0.29, 0.717) is 32.8 Å². The normalized spacial score (nSPS) is 16.1. The Balaban J connectivity index is 1.70. The number of morpholine rings is 1. The number of benzene rings is 2. The lowest BCUT2D eigenvalue weighted by Gasteiger charge is -2.32. The van der Waals surface area contributed by atoms with Crippen LogP contribution < -0.4 is 9.64 Å². The first-order valence-electron chi connectivity index (χ1n) is 9.25. The smallest absolute Gasteiger partial charge is 0.123 e. The lowest BCUT2D eigenvalue weighted by Crippen LogP contribution is -2.44. The van der Waals surface area contributed by atoms with Crippen LogP contribution in [0.25, 0.3) is 0 Å². The molecule has 0 amide bonds. The second-order valence-corrected chi connectivity index (χ2v) is 6.77. The Bertz CT molecular complexity index is 688. The summed E-state index contributed by atoms with van der Waals surface area (Å²) in [4.78, 5) is 4.33. The average molecular weight is 374 g/mol. The van der Waals surface area contributed by atoms with Gasteiger partial charge in [-0.3, -0.25) is 4.90 Å². The molecule has 0 aliphatic carbocycles. The van der Waals surface area contributed by atoms with Crippen molar-refractivity contribution >= 4 is 5.69 Å². The Kier molecular flexibility index (Phi) is 7.04. The van der Waals surface area contributed by atoms with E-state index in [1.807, 2.05) is 24.3 Å². The minimum absolute atomic E-state index is 0.248. The van der Waals surface area contributed by atoms with Gasteiger partial charge in [-0.2, -0.15) is 0 Å². The molecule has 6 heteroatoms. The number of β-amino-alcohol motifs (C(OH)–C–C–N with tert-alkyl or cyclic N) is 1. The molecule has 5 nitrogen and oxygen atoms in total. The topological polar surface area (TPSA) is 45.2 Å². The van der Waals surface area contributed by atoms with Crippen molar-refractivity contribution in [2.24, 2.45) is 0 Å². The largest absolute Gasteiger partial charge is 0.497 e. The number of anilines is 1. The van der Waals surface area contributed by atoms with Crippen molar-refractivity contribution < 1.29 is 19.0 Å². The predicted molar refractivity (Wildman–Crippen MR) is 104 cm³/mol. The van der Waals surface area contributed by atoms with Crippen molar-refractivity contribution in [2.75, 3.05) is 51.4 Å². The molecule has 1 atom stereocenters. The summed E-state index contributed by atoms with van der Waals surface area (Å²) in [5, 5.41) is 10.6. The predicted octanol–water partition coefficient (Wildman–Crippen LogP) is 2.53. The Labute approximate surface area is 159 Å². The third-order valence-electron chi connectivity index (χ3n) is 4.73. The summed E-state index contributed by atoms with van der Waals surface area (Å²) in [5.41, 5.74) is 1.98. The van der Waals surface area contributed by atoms with Crippen molar-refractivity contribution in [1.29, 1.82) is 0 Å². The summed E-state index contributed by atoms with van der Waals surface area (Å²) in [7, 11) is 1.64. The highest BCUT2D eigenvalue weighted by molar-refractivity contribution is 5.49. The van der Waals surface area contributed by atoms with Gasteiger partial charge in [0.2, 0.25) is 0 Å². The number of nitrogens with zero attached hydrogens (tertiary/aromatic N) is 2. The summed E-state index contributed by atoms with van der Waals surface area (Å²) in [6, 6.07) is 14.2. The monoisotopic (exact) mass is 374 g/mol. The Hall–Kier alpha value is -2.15. The first-order chi connectivity index (χ1) is 13.1. The van der Waals surface area contributed by atoms with E-state index in [4.69, 9.17) is 9.47 Å². The minimum Gasteiger partial charge on any atom is -0.497 e. The highest BCUT2D eigenvalue weighted by atomic mass is 19.1. The van der Waals surface area contributed by atoms with Crippen molar-refractivity contribution in [2.45, 2.75) is 12.6 Å². The van der Waals surface area contributed by atoms with Crippen LogP contribution in [0.4, 0.5) is 10.1 Å². The molecule has 2 aromatic carbocycles. The fourth-order valence-corrected chi connectivity index (χ4v) is 3.26. The van der Waals surface area contributed by atoms with Crippen molar-refractivity contribution in [1.82, 2.24) is 4.90 Å². The maximum Gasteiger partial charge on any atom is 0.123 e. The molecular weight excluding hydrogens is 347 g/mol. The SMILES string of the molecule is COc1ccc(N(Cc2ccc(F)cc2)CC(O)CN2CCOCC2)cc1. The molecule has 0 radical (unpaired) electrons. The Morgan fingerprint density at radius 1 is 1.11 bits per heavy atom. The Morgan fingerprint density at radius 2 is 1.78 bits per heavy atom. The van der Waals surface area contributed by atoms with E-state index >= 15 is 0 Å². The number of aliphatic hydroxyl groups is 1. The maximum atomic E-state index is 13.2. The van der Waals surface area contributed by atoms with Crippen molar-refractivity contribution in [3.63, 3.8) is 0 Å². The Morgan fingerprint density at radius 3 is 2.41 bits per heavy atom. The van der Waals surface area contributed by atoms with Gasteiger partial charge in [0, 0.05) is 38.4 Å². The molecule has 1 unspecified atom stereocenters. The van der Waals surface area contributed by atoms with Gasteiger partial charge in [0.1, 0.15) is 11.6 Å². The van der Waals surface area contributed by atoms with Gasteiger partial charge in [-0.15, -0.1) is 0 Å². The molecule has 1 N–H and O–H groups in total. The molecular formula is C21H27FN2O3. The molecule has 3 rings (SSSR count). The zero-order valence-corrected chi connectivity index (χ0v) is 15.7. The van der Waals surface area contributed by atoms with Gasteiger partial charge in [0.25, 0.3) is 0 Å². The number of rotatable bonds is 8. The molecule has 0 spiro atoms. The molecule has 2 aromatic rings. The van der Waals surface area contributed by atoms with E-state index in [-0.39, 0.29) is 5.82 Å². The van der Waals surface area contributed by atoms with Gasteiger partial charge in [0.15, 0.2) is 0 Å². The third kappa shape index (κ3) is 5.92. The van der Waals surface area contributed by atoms with Gasteiger partial charge in [-0.1, -0.05) is 12.1 Å². The summed E-state index contributed by atoms with van der Waals surface area (Å²) < 4.78 is 23.8. The van der Waals surface area contributed by atoms with Crippen LogP contribution in [0.2, 0.25) is 0 Å². The molecule has 0 saturated carbocycles. The van der Waals surface area contributed by atoms with Gasteiger partial charge in [-0.05, 0) is 42.0 Å². The van der Waals surface area contributed by atoms with Gasteiger partial charge in [0.05, 0.1) is 26.4 Å². The third-order valence-corrected chi connectivity index (χ3v) is 4.73. The van der Waals surface area contributed by atoms with Crippen LogP contribution in [0.1, 0.15) is 5.56 Å². The van der Waals surface area contributed by atoms with E-state index in [1.54, 1.807) is 19.2 Å². The van der Waals surface area contributed by atoms with Crippen LogP contribution in [-0.4, -0.2) is 62.6 Å². The highest BCUT2D eigenvalue weighted by Gasteiger charge is 2.18. The fraction of sp³-hybridized carbons (Fsp3) is 0.429. The van der Waals surface area contributed by atoms with Crippen molar-refractivity contribution in [3.05, 3.63) is 59.9 Å². The van der Waals surface area contributed by atoms with Crippen LogP contribution >= 0.6 is 0 Å². The molecule has 0 bridgehead atoms. The summed E-state index contributed by atoms with van der Waals surface area (Å²) in [6.45, 7) is 4.80. The van der Waals surface area contributed by atoms with Crippen LogP contribution in [0.3, 0.4) is 0 Å². The first kappa shape index (κ1) is 19.6. The number of hydrogen-bond donors (Lipinski definition) is 1. The van der Waals surface area contributed by atoms with Crippen molar-refractivity contribution in [3.8, 4) is 5.75 Å². The number of hydrogen-bond acceptors (Lipinski definition) is 5. The molecule has 1 heterocycles. The number of methoxy groups -OCH3 is 1. The van der Waals surface area contributed by atoms with Gasteiger partial charge in [-0.25, -0.2) is 4.39 Å². The fourth-order valence-electron chi connectivity index (χ4n) is 3.26.